The molecule has 0 aromatic carbocycles. The van der Waals surface area contributed by atoms with Crippen molar-refractivity contribution in [3.8, 4) is 0 Å². The van der Waals surface area contributed by atoms with E-state index in [1.807, 2.05) is 27.0 Å². The summed E-state index contributed by atoms with van der Waals surface area (Å²) in [6, 6.07) is 0.0232. The second-order valence-electron chi connectivity index (χ2n) is 4.48. The zero-order chi connectivity index (χ0) is 14.4. The van der Waals surface area contributed by atoms with Gasteiger partial charge in [-0.3, -0.25) is 4.79 Å². The van der Waals surface area contributed by atoms with E-state index in [9.17, 15) is 4.79 Å². The number of amides is 1. The van der Waals surface area contributed by atoms with E-state index >= 15 is 0 Å². The highest BCUT2D eigenvalue weighted by Gasteiger charge is 2.18. The molecule has 6 heteroatoms. The van der Waals surface area contributed by atoms with E-state index in [0.29, 0.717) is 28.5 Å². The summed E-state index contributed by atoms with van der Waals surface area (Å²) in [5.74, 6) is 0.527. The predicted molar refractivity (Wildman–Crippen MR) is 76.5 cm³/mol. The quantitative estimate of drug-likeness (QED) is 0.614. The van der Waals surface area contributed by atoms with E-state index in [1.165, 1.54) is 11.8 Å². The third kappa shape index (κ3) is 4.47. The second kappa shape index (κ2) is 7.45. The van der Waals surface area contributed by atoms with Crippen LogP contribution in [0.25, 0.3) is 0 Å². The minimum absolute atomic E-state index is 0.0232. The molecule has 1 unspecified atom stereocenters. The van der Waals surface area contributed by atoms with Crippen LogP contribution in [0, 0.1) is 13.8 Å². The molecule has 0 saturated carbocycles. The number of nitrogens with zero attached hydrogens (tertiary/aromatic N) is 2. The highest BCUT2D eigenvalue weighted by Crippen LogP contribution is 2.20. The van der Waals surface area contributed by atoms with Crippen molar-refractivity contribution in [2.75, 3.05) is 12.9 Å². The van der Waals surface area contributed by atoms with Gasteiger partial charge in [0, 0.05) is 12.6 Å². The Labute approximate surface area is 118 Å². The van der Waals surface area contributed by atoms with E-state index in [0.717, 1.165) is 6.42 Å². The van der Waals surface area contributed by atoms with Gasteiger partial charge in [-0.2, -0.15) is 0 Å². The highest BCUT2D eigenvalue weighted by atomic mass is 32.2. The van der Waals surface area contributed by atoms with Crippen LogP contribution in [-0.2, 0) is 0 Å². The Morgan fingerprint density at radius 3 is 2.68 bits per heavy atom. The summed E-state index contributed by atoms with van der Waals surface area (Å²) in [6.07, 6.45) is 3.33. The van der Waals surface area contributed by atoms with Crippen LogP contribution in [0.15, 0.2) is 5.03 Å². The lowest BCUT2D eigenvalue weighted by Gasteiger charge is -2.15. The number of aliphatic hydroxyl groups excluding tert-OH is 1. The zero-order valence-electron chi connectivity index (χ0n) is 11.9. The van der Waals surface area contributed by atoms with Gasteiger partial charge in [-0.05, 0) is 39.9 Å². The summed E-state index contributed by atoms with van der Waals surface area (Å²) in [5.41, 5.74) is 1.25. The Balaban J connectivity index is 2.87. The van der Waals surface area contributed by atoms with Gasteiger partial charge in [0.2, 0.25) is 0 Å². The van der Waals surface area contributed by atoms with Crippen LogP contribution in [0.2, 0.25) is 0 Å². The molecule has 19 heavy (non-hydrogen) atoms. The summed E-state index contributed by atoms with van der Waals surface area (Å²) >= 11 is 1.45. The number of aryl methyl sites for hydroxylation is 2. The van der Waals surface area contributed by atoms with Gasteiger partial charge in [0.1, 0.15) is 10.9 Å². The number of aromatic nitrogens is 2. The van der Waals surface area contributed by atoms with E-state index in [-0.39, 0.29) is 18.6 Å². The summed E-state index contributed by atoms with van der Waals surface area (Å²) in [4.78, 5) is 20.8. The molecule has 0 aliphatic carbocycles. The molecule has 1 rings (SSSR count). The van der Waals surface area contributed by atoms with E-state index < -0.39 is 0 Å². The summed E-state index contributed by atoms with van der Waals surface area (Å²) in [5, 5.41) is 12.4. The molecular weight excluding hydrogens is 262 g/mol. The second-order valence-corrected chi connectivity index (χ2v) is 5.28. The number of hydrogen-bond donors (Lipinski definition) is 2. The normalized spacial score (nSPS) is 12.3. The predicted octanol–water partition coefficient (Wildman–Crippen LogP) is 1.71. The third-order valence-corrected chi connectivity index (χ3v) is 3.44. The number of nitrogens with one attached hydrogen (secondary N) is 1. The number of aliphatic hydroxyl groups is 1. The van der Waals surface area contributed by atoms with E-state index in [2.05, 4.69) is 15.3 Å². The zero-order valence-corrected chi connectivity index (χ0v) is 12.7. The van der Waals surface area contributed by atoms with E-state index in [1.54, 1.807) is 0 Å². The molecule has 1 amide bonds. The van der Waals surface area contributed by atoms with Gasteiger partial charge in [-0.15, -0.1) is 11.8 Å². The molecule has 1 aromatic rings. The Bertz CT molecular complexity index is 452. The van der Waals surface area contributed by atoms with Crippen LogP contribution in [0.4, 0.5) is 0 Å². The maximum Gasteiger partial charge on any atom is 0.256 e. The smallest absolute Gasteiger partial charge is 0.256 e. The molecule has 1 atom stereocenters. The largest absolute Gasteiger partial charge is 0.396 e. The molecule has 0 radical (unpaired) electrons. The molecule has 2 N–H and O–H groups in total. The van der Waals surface area contributed by atoms with Gasteiger partial charge in [-0.25, -0.2) is 9.97 Å². The fraction of sp³-hybridized carbons (Fsp3) is 0.615. The molecule has 1 heterocycles. The molecule has 0 aliphatic heterocycles. The van der Waals surface area contributed by atoms with Gasteiger partial charge in [0.25, 0.3) is 5.91 Å². The van der Waals surface area contributed by atoms with E-state index in [4.69, 9.17) is 5.11 Å². The van der Waals surface area contributed by atoms with Crippen molar-refractivity contribution in [3.63, 3.8) is 0 Å². The SMILES string of the molecule is CSc1nc(C)nc(C)c1C(=O)NC(C)CCCO. The highest BCUT2D eigenvalue weighted by molar-refractivity contribution is 7.98. The van der Waals surface area contributed by atoms with Gasteiger partial charge < -0.3 is 10.4 Å². The van der Waals surface area contributed by atoms with Crippen molar-refractivity contribution in [3.05, 3.63) is 17.1 Å². The average molecular weight is 283 g/mol. The minimum atomic E-state index is -0.146. The van der Waals surface area contributed by atoms with Crippen molar-refractivity contribution in [1.29, 1.82) is 0 Å². The Kier molecular flexibility index (Phi) is 6.24. The van der Waals surface area contributed by atoms with Gasteiger partial charge in [0.15, 0.2) is 0 Å². The van der Waals surface area contributed by atoms with Gasteiger partial charge >= 0.3 is 0 Å². The molecular formula is C13H21N3O2S. The number of carbonyl (C=O) groups is 1. The molecule has 0 aliphatic rings. The monoisotopic (exact) mass is 283 g/mol. The van der Waals surface area contributed by atoms with Crippen LogP contribution in [0.5, 0.6) is 0 Å². The maximum absolute atomic E-state index is 12.3. The molecule has 106 valence electrons. The standard InChI is InChI=1S/C13H21N3O2S/c1-8(6-5-7-17)14-12(18)11-9(2)15-10(3)16-13(11)19-4/h8,17H,5-7H2,1-4H3,(H,14,18). The molecule has 0 spiro atoms. The fourth-order valence-corrected chi connectivity index (χ4v) is 2.52. The molecule has 0 bridgehead atoms. The fourth-order valence-electron chi connectivity index (χ4n) is 1.86. The molecule has 1 aromatic heterocycles. The Morgan fingerprint density at radius 2 is 2.11 bits per heavy atom. The lowest BCUT2D eigenvalue weighted by molar-refractivity contribution is 0.0931. The van der Waals surface area contributed by atoms with Crippen LogP contribution in [0.3, 0.4) is 0 Å². The summed E-state index contributed by atoms with van der Waals surface area (Å²) < 4.78 is 0. The summed E-state index contributed by atoms with van der Waals surface area (Å²) in [7, 11) is 0. The first-order valence-corrected chi connectivity index (χ1v) is 7.53. The number of rotatable bonds is 6. The molecule has 0 fully saturated rings. The maximum atomic E-state index is 12.3. The number of thioether (sulfide) groups is 1. The lowest BCUT2D eigenvalue weighted by Crippen LogP contribution is -2.34. The van der Waals surface area contributed by atoms with Crippen LogP contribution in [-0.4, -0.2) is 39.9 Å². The average Bonchev–Trinajstić information content (AvgIpc) is 2.34. The topological polar surface area (TPSA) is 75.1 Å². The first-order valence-electron chi connectivity index (χ1n) is 6.30. The van der Waals surface area contributed by atoms with Crippen molar-refractivity contribution >= 4 is 17.7 Å². The van der Waals surface area contributed by atoms with Crippen LogP contribution >= 0.6 is 11.8 Å². The first kappa shape index (κ1) is 15.9. The molecule has 0 saturated heterocycles. The molecule has 5 nitrogen and oxygen atoms in total. The third-order valence-electron chi connectivity index (χ3n) is 2.76. The lowest BCUT2D eigenvalue weighted by atomic mass is 10.1. The van der Waals surface area contributed by atoms with Crippen molar-refractivity contribution in [2.24, 2.45) is 0 Å². The van der Waals surface area contributed by atoms with Crippen molar-refractivity contribution in [1.82, 2.24) is 15.3 Å². The van der Waals surface area contributed by atoms with Crippen molar-refractivity contribution in [2.45, 2.75) is 44.7 Å². The van der Waals surface area contributed by atoms with Gasteiger partial charge in [-0.1, -0.05) is 0 Å². The number of carbonyl (C=O) groups excluding carboxylic acids is 1. The minimum Gasteiger partial charge on any atom is -0.396 e. The van der Waals surface area contributed by atoms with Crippen molar-refractivity contribution < 1.29 is 9.90 Å². The van der Waals surface area contributed by atoms with Crippen LogP contribution < -0.4 is 5.32 Å². The number of hydrogen-bond acceptors (Lipinski definition) is 5. The first-order chi connectivity index (χ1) is 8.99. The Morgan fingerprint density at radius 1 is 1.42 bits per heavy atom. The Hall–Kier alpha value is -1.14. The van der Waals surface area contributed by atoms with Gasteiger partial charge in [0.05, 0.1) is 11.3 Å². The van der Waals surface area contributed by atoms with Crippen LogP contribution in [0.1, 0.15) is 41.6 Å². The summed E-state index contributed by atoms with van der Waals surface area (Å²) in [6.45, 7) is 5.71.